The summed E-state index contributed by atoms with van der Waals surface area (Å²) in [5, 5.41) is 9.44. The number of aliphatic hydroxyl groups is 1. The number of pyridine rings is 1. The van der Waals surface area contributed by atoms with E-state index >= 15 is 4.39 Å². The number of nitrogens with zero attached hydrogens (tertiary/aromatic N) is 2. The van der Waals surface area contributed by atoms with Gasteiger partial charge in [0.25, 0.3) is 0 Å². The number of halogens is 2. The van der Waals surface area contributed by atoms with Gasteiger partial charge in [0.15, 0.2) is 11.6 Å². The summed E-state index contributed by atoms with van der Waals surface area (Å²) in [5.41, 5.74) is 8.81. The Bertz CT molecular complexity index is 1680. The van der Waals surface area contributed by atoms with Gasteiger partial charge in [-0.1, -0.05) is 58.4 Å². The zero-order chi connectivity index (χ0) is 36.9. The van der Waals surface area contributed by atoms with E-state index in [0.717, 1.165) is 106 Å². The molecule has 0 fully saturated rings. The molecular formula is C42H58F2N2O3. The molecule has 0 saturated heterocycles. The monoisotopic (exact) mass is 676 g/mol. The summed E-state index contributed by atoms with van der Waals surface area (Å²) in [6.45, 7) is 22.2. The highest BCUT2D eigenvalue weighted by atomic mass is 19.1. The molecule has 2 aromatic heterocycles. The van der Waals surface area contributed by atoms with Crippen molar-refractivity contribution >= 4 is 17.3 Å². The van der Waals surface area contributed by atoms with Gasteiger partial charge in [-0.15, -0.1) is 0 Å². The van der Waals surface area contributed by atoms with Gasteiger partial charge in [-0.3, -0.25) is 0 Å². The van der Waals surface area contributed by atoms with Crippen molar-refractivity contribution in [1.29, 1.82) is 0 Å². The van der Waals surface area contributed by atoms with Gasteiger partial charge in [-0.2, -0.15) is 0 Å². The third kappa shape index (κ3) is 11.6. The number of hydrogen-bond acceptors (Lipinski definition) is 4. The van der Waals surface area contributed by atoms with Crippen molar-refractivity contribution < 1.29 is 23.4 Å². The van der Waals surface area contributed by atoms with Gasteiger partial charge < -0.3 is 19.2 Å². The Balaban J connectivity index is 0.000000743. The number of allylic oxidation sites excluding steroid dienone is 1. The minimum absolute atomic E-state index is 0.211. The molecule has 0 radical (unpaired) electrons. The first-order valence-electron chi connectivity index (χ1n) is 17.7. The third-order valence-corrected chi connectivity index (χ3v) is 7.99. The van der Waals surface area contributed by atoms with E-state index in [9.17, 15) is 9.18 Å². The molecule has 7 heteroatoms. The zero-order valence-electron chi connectivity index (χ0n) is 31.5. The van der Waals surface area contributed by atoms with Crippen LogP contribution in [0.5, 0.6) is 5.75 Å². The molecule has 1 aliphatic rings. The summed E-state index contributed by atoms with van der Waals surface area (Å²) in [7, 11) is 2.00. The second kappa shape index (κ2) is 19.4. The van der Waals surface area contributed by atoms with E-state index in [0.29, 0.717) is 12.4 Å². The van der Waals surface area contributed by atoms with Crippen LogP contribution in [0.4, 0.5) is 8.78 Å². The molecule has 1 aliphatic heterocycles. The highest BCUT2D eigenvalue weighted by Gasteiger charge is 2.25. The van der Waals surface area contributed by atoms with E-state index in [2.05, 4.69) is 31.1 Å². The largest absolute Gasteiger partial charge is 0.490 e. The van der Waals surface area contributed by atoms with Crippen LogP contribution in [0.1, 0.15) is 108 Å². The average molecular weight is 677 g/mol. The Morgan fingerprint density at radius 3 is 2.24 bits per heavy atom. The van der Waals surface area contributed by atoms with Gasteiger partial charge in [0.1, 0.15) is 17.8 Å². The van der Waals surface area contributed by atoms with E-state index in [1.165, 1.54) is 18.6 Å². The van der Waals surface area contributed by atoms with Crippen molar-refractivity contribution in [2.75, 3.05) is 6.61 Å². The van der Waals surface area contributed by atoms with E-state index in [1.807, 2.05) is 46.9 Å². The van der Waals surface area contributed by atoms with Crippen LogP contribution in [0.25, 0.3) is 22.2 Å². The SMILES string of the molecule is C=C(CCc1ccc(F)cc1)CCc1cc2c(-c3cc(F)c4c(c3C)CCCO4)c(CC=O)c(C)nc2n1C.CC.CC(C)(C)O.CCC. The van der Waals surface area contributed by atoms with Gasteiger partial charge >= 0.3 is 0 Å². The molecule has 0 bridgehead atoms. The number of aldehydes is 1. The second-order valence-electron chi connectivity index (χ2n) is 13.4. The number of ether oxygens (including phenoxy) is 1. The molecular weight excluding hydrogens is 618 g/mol. The first-order valence-corrected chi connectivity index (χ1v) is 17.7. The average Bonchev–Trinajstić information content (AvgIpc) is 3.37. The maximum Gasteiger partial charge on any atom is 0.165 e. The Labute approximate surface area is 293 Å². The van der Waals surface area contributed by atoms with Gasteiger partial charge in [0.2, 0.25) is 0 Å². The van der Waals surface area contributed by atoms with E-state index in [-0.39, 0.29) is 18.1 Å². The van der Waals surface area contributed by atoms with Gasteiger partial charge in [-0.05, 0) is 125 Å². The maximum atomic E-state index is 15.3. The minimum Gasteiger partial charge on any atom is -0.490 e. The number of fused-ring (bicyclic) bond motifs is 2. The van der Waals surface area contributed by atoms with Crippen molar-refractivity contribution in [3.8, 4) is 16.9 Å². The van der Waals surface area contributed by atoms with Crippen LogP contribution in [0.15, 0.2) is 48.6 Å². The fourth-order valence-electron chi connectivity index (χ4n) is 5.73. The molecule has 5 rings (SSSR count). The lowest BCUT2D eigenvalue weighted by Crippen LogP contribution is -2.12. The smallest absolute Gasteiger partial charge is 0.165 e. The summed E-state index contributed by atoms with van der Waals surface area (Å²) < 4.78 is 36.2. The van der Waals surface area contributed by atoms with Crippen LogP contribution in [0, 0.1) is 25.5 Å². The van der Waals surface area contributed by atoms with E-state index in [4.69, 9.17) is 14.8 Å². The molecule has 3 heterocycles. The summed E-state index contributed by atoms with van der Waals surface area (Å²) in [5.74, 6) is -0.234. The molecule has 1 N–H and O–H groups in total. The number of hydrogen-bond donors (Lipinski definition) is 1. The highest BCUT2D eigenvalue weighted by Crippen LogP contribution is 2.42. The lowest BCUT2D eigenvalue weighted by molar-refractivity contribution is -0.107. The lowest BCUT2D eigenvalue weighted by atomic mass is 9.87. The maximum absolute atomic E-state index is 15.3. The van der Waals surface area contributed by atoms with Crippen molar-refractivity contribution in [2.24, 2.45) is 7.05 Å². The standard InChI is InChI=1S/C33H34F2N2O2.C4H10O.C3H8.C2H6/c1-20(7-9-23-10-12-24(34)13-11-23)8-14-25-18-29-31(27(15-16-38)22(3)36-33(29)37(25)4)28-19-30(35)32-26(21(28)2)6-5-17-39-32;1-4(2,3)5;1-3-2;1-2/h10-13,16,18-19H,1,5-9,14-15,17H2,2-4H3;5H,1-3H3;3H2,1-2H3;1-2H3. The lowest BCUT2D eigenvalue weighted by Gasteiger charge is -2.23. The van der Waals surface area contributed by atoms with Crippen molar-refractivity contribution in [1.82, 2.24) is 9.55 Å². The highest BCUT2D eigenvalue weighted by molar-refractivity contribution is 5.98. The topological polar surface area (TPSA) is 64.3 Å². The fourth-order valence-corrected chi connectivity index (χ4v) is 5.73. The summed E-state index contributed by atoms with van der Waals surface area (Å²) in [6.07, 6.45) is 7.21. The van der Waals surface area contributed by atoms with Crippen molar-refractivity contribution in [2.45, 2.75) is 119 Å². The van der Waals surface area contributed by atoms with Crippen LogP contribution >= 0.6 is 0 Å². The third-order valence-electron chi connectivity index (χ3n) is 7.99. The second-order valence-corrected chi connectivity index (χ2v) is 13.4. The van der Waals surface area contributed by atoms with Gasteiger partial charge in [0, 0.05) is 35.8 Å². The zero-order valence-corrected chi connectivity index (χ0v) is 31.5. The molecule has 0 unspecified atom stereocenters. The van der Waals surface area contributed by atoms with Crippen molar-refractivity contribution in [3.05, 3.63) is 93.8 Å². The van der Waals surface area contributed by atoms with E-state index < -0.39 is 5.60 Å². The number of aryl methyl sites for hydroxylation is 4. The number of benzene rings is 2. The van der Waals surface area contributed by atoms with Crippen LogP contribution in [-0.4, -0.2) is 33.2 Å². The molecule has 2 aromatic carbocycles. The Morgan fingerprint density at radius 1 is 1.06 bits per heavy atom. The van der Waals surface area contributed by atoms with Crippen LogP contribution in [0.2, 0.25) is 0 Å². The molecule has 0 atom stereocenters. The fraction of sp³-hybridized carbons (Fsp3) is 0.476. The summed E-state index contributed by atoms with van der Waals surface area (Å²) >= 11 is 0. The number of carbonyl (C=O) groups excluding carboxylic acids is 1. The van der Waals surface area contributed by atoms with Crippen LogP contribution in [0.3, 0.4) is 0 Å². The molecule has 5 nitrogen and oxygen atoms in total. The number of aromatic nitrogens is 2. The summed E-state index contributed by atoms with van der Waals surface area (Å²) in [6, 6.07) is 10.3. The summed E-state index contributed by atoms with van der Waals surface area (Å²) in [4.78, 5) is 16.6. The molecule has 268 valence electrons. The molecule has 0 spiro atoms. The molecule has 0 aliphatic carbocycles. The predicted molar refractivity (Wildman–Crippen MR) is 201 cm³/mol. The van der Waals surface area contributed by atoms with Crippen LogP contribution < -0.4 is 4.74 Å². The molecule has 4 aromatic rings. The van der Waals surface area contributed by atoms with Crippen LogP contribution in [-0.2, 0) is 37.5 Å². The first kappa shape index (κ1) is 41.3. The first-order chi connectivity index (χ1) is 23.2. The van der Waals surface area contributed by atoms with Gasteiger partial charge in [0.05, 0.1) is 12.2 Å². The van der Waals surface area contributed by atoms with Crippen molar-refractivity contribution in [3.63, 3.8) is 0 Å². The van der Waals surface area contributed by atoms with Gasteiger partial charge in [-0.25, -0.2) is 13.8 Å². The van der Waals surface area contributed by atoms with E-state index in [1.54, 1.807) is 26.8 Å². The number of rotatable bonds is 9. The molecule has 0 saturated carbocycles. The molecule has 0 amide bonds. The minimum atomic E-state index is -0.500. The Morgan fingerprint density at radius 2 is 1.65 bits per heavy atom. The quantitative estimate of drug-likeness (QED) is 0.142. The normalized spacial score (nSPS) is 11.9. The Hall–Kier alpha value is -3.84. The predicted octanol–water partition coefficient (Wildman–Crippen LogP) is 10.5. The number of carbonyl (C=O) groups is 1. The molecule has 49 heavy (non-hydrogen) atoms. The Kier molecular flexibility index (Phi) is 16.3.